The molecule has 4 aromatic rings. The minimum absolute atomic E-state index is 0.441. The average molecular weight is 289 g/mol. The minimum Gasteiger partial charge on any atom is -0.361 e. The van der Waals surface area contributed by atoms with Crippen LogP contribution in [0, 0.1) is 6.92 Å². The molecule has 0 saturated heterocycles. The summed E-state index contributed by atoms with van der Waals surface area (Å²) in [6, 6.07) is 15.1. The summed E-state index contributed by atoms with van der Waals surface area (Å²) in [5.41, 5.74) is 5.71. The van der Waals surface area contributed by atoms with E-state index < -0.39 is 0 Å². The highest BCUT2D eigenvalue weighted by Gasteiger charge is 2.15. The summed E-state index contributed by atoms with van der Waals surface area (Å²) >= 11 is 0. The number of aromatic nitrogens is 3. The molecule has 0 aliphatic heterocycles. The Morgan fingerprint density at radius 1 is 1.00 bits per heavy atom. The monoisotopic (exact) mass is 289 g/mol. The van der Waals surface area contributed by atoms with Crippen LogP contribution in [-0.4, -0.2) is 14.5 Å². The average Bonchev–Trinajstić information content (AvgIpc) is 3.09. The maximum atomic E-state index is 4.78. The summed E-state index contributed by atoms with van der Waals surface area (Å²) in [6.07, 6.45) is 1.98. The van der Waals surface area contributed by atoms with E-state index in [4.69, 9.17) is 4.98 Å². The Bertz CT molecular complexity index is 973. The van der Waals surface area contributed by atoms with Gasteiger partial charge in [-0.15, -0.1) is 0 Å². The van der Waals surface area contributed by atoms with E-state index in [0.717, 1.165) is 16.9 Å². The third kappa shape index (κ3) is 1.93. The molecule has 0 bridgehead atoms. The van der Waals surface area contributed by atoms with Crippen LogP contribution in [0.4, 0.5) is 0 Å². The smallest absolute Gasteiger partial charge is 0.144 e. The zero-order chi connectivity index (χ0) is 15.3. The molecule has 3 nitrogen and oxygen atoms in total. The molecular weight excluding hydrogens is 270 g/mol. The van der Waals surface area contributed by atoms with Crippen LogP contribution < -0.4 is 0 Å². The van der Waals surface area contributed by atoms with Crippen molar-refractivity contribution in [2.24, 2.45) is 0 Å². The highest BCUT2D eigenvalue weighted by Crippen LogP contribution is 2.29. The highest BCUT2D eigenvalue weighted by molar-refractivity contribution is 5.84. The number of aryl methyl sites for hydroxylation is 1. The Hall–Kier alpha value is -2.55. The molecule has 0 aliphatic carbocycles. The number of pyridine rings is 1. The van der Waals surface area contributed by atoms with E-state index in [2.05, 4.69) is 65.9 Å². The lowest BCUT2D eigenvalue weighted by atomic mass is 10.1. The molecule has 0 saturated carbocycles. The van der Waals surface area contributed by atoms with Crippen LogP contribution in [-0.2, 0) is 0 Å². The van der Waals surface area contributed by atoms with Gasteiger partial charge < -0.3 is 4.98 Å². The number of nitrogens with one attached hydrogen (secondary N) is 1. The zero-order valence-electron chi connectivity index (χ0n) is 13.1. The molecule has 3 aromatic heterocycles. The van der Waals surface area contributed by atoms with Crippen molar-refractivity contribution in [3.8, 4) is 5.69 Å². The largest absolute Gasteiger partial charge is 0.361 e. The highest BCUT2D eigenvalue weighted by atomic mass is 15.1. The molecule has 3 heteroatoms. The lowest BCUT2D eigenvalue weighted by Gasteiger charge is -2.13. The Morgan fingerprint density at radius 2 is 1.86 bits per heavy atom. The normalized spacial score (nSPS) is 11.8. The number of H-pyrrole nitrogens is 1. The lowest BCUT2D eigenvalue weighted by Crippen LogP contribution is -2.02. The number of fused-ring (bicyclic) bond motifs is 2. The summed E-state index contributed by atoms with van der Waals surface area (Å²) in [7, 11) is 0. The second-order valence-electron chi connectivity index (χ2n) is 6.17. The van der Waals surface area contributed by atoms with Crippen LogP contribution in [0.25, 0.3) is 27.6 Å². The number of hydrogen-bond acceptors (Lipinski definition) is 1. The molecule has 0 fully saturated rings. The van der Waals surface area contributed by atoms with Gasteiger partial charge in [-0.25, -0.2) is 4.98 Å². The van der Waals surface area contributed by atoms with Crippen molar-refractivity contribution in [2.75, 3.05) is 0 Å². The fourth-order valence-electron chi connectivity index (χ4n) is 3.07. The molecule has 0 unspecified atom stereocenters. The first-order valence-corrected chi connectivity index (χ1v) is 7.70. The molecule has 22 heavy (non-hydrogen) atoms. The van der Waals surface area contributed by atoms with E-state index in [9.17, 15) is 0 Å². The van der Waals surface area contributed by atoms with Crippen molar-refractivity contribution < 1.29 is 0 Å². The summed E-state index contributed by atoms with van der Waals surface area (Å²) < 4.78 is 2.29. The Balaban J connectivity index is 2.06. The second-order valence-corrected chi connectivity index (χ2v) is 6.17. The van der Waals surface area contributed by atoms with Gasteiger partial charge in [-0.05, 0) is 55.3 Å². The first kappa shape index (κ1) is 13.1. The molecule has 0 atom stereocenters. The minimum atomic E-state index is 0.441. The SMILES string of the molecule is Cc1ccc2cc(C(C)C)n(-c3ccc4[nH]ccc4c3)c2n1. The van der Waals surface area contributed by atoms with Gasteiger partial charge in [0.05, 0.1) is 0 Å². The summed E-state index contributed by atoms with van der Waals surface area (Å²) in [5.74, 6) is 0.441. The fourth-order valence-corrected chi connectivity index (χ4v) is 3.07. The van der Waals surface area contributed by atoms with E-state index >= 15 is 0 Å². The van der Waals surface area contributed by atoms with Gasteiger partial charge in [0.2, 0.25) is 0 Å². The van der Waals surface area contributed by atoms with Crippen molar-refractivity contribution in [3.05, 3.63) is 60.0 Å². The van der Waals surface area contributed by atoms with Crippen molar-refractivity contribution in [3.63, 3.8) is 0 Å². The molecule has 0 spiro atoms. The van der Waals surface area contributed by atoms with Crippen LogP contribution in [0.15, 0.2) is 48.7 Å². The molecule has 3 heterocycles. The van der Waals surface area contributed by atoms with Gasteiger partial charge in [-0.3, -0.25) is 4.57 Å². The maximum absolute atomic E-state index is 4.78. The van der Waals surface area contributed by atoms with Crippen molar-refractivity contribution in [1.82, 2.24) is 14.5 Å². The molecule has 4 rings (SSSR count). The molecular formula is C19H19N3. The van der Waals surface area contributed by atoms with Crippen molar-refractivity contribution in [1.29, 1.82) is 0 Å². The molecule has 110 valence electrons. The summed E-state index contributed by atoms with van der Waals surface area (Å²) in [4.78, 5) is 8.03. The van der Waals surface area contributed by atoms with Crippen LogP contribution in [0.2, 0.25) is 0 Å². The van der Waals surface area contributed by atoms with Gasteiger partial charge in [0.15, 0.2) is 0 Å². The molecule has 0 aliphatic rings. The Kier molecular flexibility index (Phi) is 2.83. The van der Waals surface area contributed by atoms with Gasteiger partial charge in [-0.1, -0.05) is 13.8 Å². The van der Waals surface area contributed by atoms with Crippen LogP contribution >= 0.6 is 0 Å². The molecule has 1 N–H and O–H groups in total. The Labute approximate surface area is 129 Å². The lowest BCUT2D eigenvalue weighted by molar-refractivity contribution is 0.793. The third-order valence-corrected chi connectivity index (χ3v) is 4.20. The predicted octanol–water partition coefficient (Wildman–Crippen LogP) is 4.94. The van der Waals surface area contributed by atoms with Crippen LogP contribution in [0.5, 0.6) is 0 Å². The topological polar surface area (TPSA) is 33.6 Å². The number of hydrogen-bond donors (Lipinski definition) is 1. The second kappa shape index (κ2) is 4.73. The van der Waals surface area contributed by atoms with E-state index in [1.54, 1.807) is 0 Å². The summed E-state index contributed by atoms with van der Waals surface area (Å²) in [5, 5.41) is 2.42. The number of benzene rings is 1. The van der Waals surface area contributed by atoms with Crippen molar-refractivity contribution in [2.45, 2.75) is 26.7 Å². The Morgan fingerprint density at radius 3 is 2.68 bits per heavy atom. The van der Waals surface area contributed by atoms with E-state index in [1.165, 1.54) is 22.2 Å². The van der Waals surface area contributed by atoms with Gasteiger partial charge in [-0.2, -0.15) is 0 Å². The number of rotatable bonds is 2. The molecule has 0 radical (unpaired) electrons. The maximum Gasteiger partial charge on any atom is 0.144 e. The standard InChI is InChI=1S/C19H19N3/c1-12(2)18-11-15-5-4-13(3)21-19(15)22(18)16-6-7-17-14(10-16)8-9-20-17/h4-12,20H,1-3H3. The first-order valence-electron chi connectivity index (χ1n) is 7.70. The van der Waals surface area contributed by atoms with Gasteiger partial charge in [0.25, 0.3) is 0 Å². The third-order valence-electron chi connectivity index (χ3n) is 4.20. The van der Waals surface area contributed by atoms with Gasteiger partial charge >= 0.3 is 0 Å². The van der Waals surface area contributed by atoms with Gasteiger partial charge in [0.1, 0.15) is 5.65 Å². The number of nitrogens with zero attached hydrogens (tertiary/aromatic N) is 2. The first-order chi connectivity index (χ1) is 10.6. The molecule has 1 aromatic carbocycles. The van der Waals surface area contributed by atoms with E-state index in [1.807, 2.05) is 13.1 Å². The van der Waals surface area contributed by atoms with Gasteiger partial charge in [0, 0.05) is 39.6 Å². The van der Waals surface area contributed by atoms with Crippen LogP contribution in [0.3, 0.4) is 0 Å². The predicted molar refractivity (Wildman–Crippen MR) is 91.8 cm³/mol. The molecule has 0 amide bonds. The number of aromatic amines is 1. The van der Waals surface area contributed by atoms with Crippen molar-refractivity contribution >= 4 is 21.9 Å². The van der Waals surface area contributed by atoms with Crippen LogP contribution in [0.1, 0.15) is 31.2 Å². The zero-order valence-corrected chi connectivity index (χ0v) is 13.1. The quantitative estimate of drug-likeness (QED) is 0.557. The fraction of sp³-hybridized carbons (Fsp3) is 0.211. The summed E-state index contributed by atoms with van der Waals surface area (Å²) in [6.45, 7) is 6.50. The van der Waals surface area contributed by atoms with E-state index in [-0.39, 0.29) is 0 Å². The van der Waals surface area contributed by atoms with E-state index in [0.29, 0.717) is 5.92 Å².